The molecule has 0 aliphatic carbocycles. The zero-order chi connectivity index (χ0) is 18.1. The minimum absolute atomic E-state index is 0.369. The number of benzene rings is 2. The van der Waals surface area contributed by atoms with Gasteiger partial charge in [0.2, 0.25) is 10.0 Å². The van der Waals surface area contributed by atoms with Gasteiger partial charge in [-0.25, -0.2) is 8.42 Å². The van der Waals surface area contributed by atoms with Crippen molar-refractivity contribution in [3.8, 4) is 0 Å². The van der Waals surface area contributed by atoms with E-state index in [2.05, 4.69) is 26.0 Å². The van der Waals surface area contributed by atoms with Gasteiger partial charge in [-0.2, -0.15) is 4.31 Å². The molecule has 0 heterocycles. The maximum absolute atomic E-state index is 13.0. The van der Waals surface area contributed by atoms with Crippen LogP contribution in [-0.4, -0.2) is 19.8 Å². The van der Waals surface area contributed by atoms with E-state index in [-0.39, 0.29) is 0 Å². The number of hydrogen-bond donors (Lipinski definition) is 0. The quantitative estimate of drug-likeness (QED) is 0.797. The summed E-state index contributed by atoms with van der Waals surface area (Å²) in [5, 5.41) is 0. The Morgan fingerprint density at radius 3 is 1.92 bits per heavy atom. The van der Waals surface area contributed by atoms with Crippen LogP contribution in [0.5, 0.6) is 0 Å². The largest absolute Gasteiger partial charge is 0.243 e. The number of sulfonamides is 1. The van der Waals surface area contributed by atoms with Gasteiger partial charge in [-0.3, -0.25) is 0 Å². The van der Waals surface area contributed by atoms with E-state index in [4.69, 9.17) is 0 Å². The molecule has 0 atom stereocenters. The lowest BCUT2D eigenvalue weighted by Crippen LogP contribution is -2.27. The van der Waals surface area contributed by atoms with Crippen LogP contribution in [0.1, 0.15) is 47.6 Å². The van der Waals surface area contributed by atoms with Gasteiger partial charge in [0, 0.05) is 13.6 Å². The molecule has 0 N–H and O–H groups in total. The SMILES string of the molecule is Cc1cc(C)c(S(=O)(=O)N(C)Cc2ccc(C(C)C)cc2)c(C)c1. The average Bonchev–Trinajstić information content (AvgIpc) is 2.46. The van der Waals surface area contributed by atoms with Crippen LogP contribution in [0.4, 0.5) is 0 Å². The maximum atomic E-state index is 13.0. The number of nitrogens with zero attached hydrogens (tertiary/aromatic N) is 1. The summed E-state index contributed by atoms with van der Waals surface area (Å²) >= 11 is 0. The Balaban J connectivity index is 2.30. The van der Waals surface area contributed by atoms with Crippen LogP contribution in [0, 0.1) is 20.8 Å². The fraction of sp³-hybridized carbons (Fsp3) is 0.400. The standard InChI is InChI=1S/C20H27NO2S/c1-14(2)19-9-7-18(8-10-19)13-21(6)24(22,23)20-16(4)11-15(3)12-17(20)5/h7-12,14H,13H2,1-6H3. The maximum Gasteiger partial charge on any atom is 0.243 e. The molecule has 0 bridgehead atoms. The molecule has 0 aliphatic heterocycles. The first-order valence-electron chi connectivity index (χ1n) is 8.26. The Morgan fingerprint density at radius 1 is 0.958 bits per heavy atom. The second-order valence-electron chi connectivity index (χ2n) is 6.89. The van der Waals surface area contributed by atoms with Crippen LogP contribution < -0.4 is 0 Å². The zero-order valence-corrected chi connectivity index (χ0v) is 16.2. The molecule has 0 aromatic heterocycles. The lowest BCUT2D eigenvalue weighted by Gasteiger charge is -2.21. The van der Waals surface area contributed by atoms with Gasteiger partial charge in [-0.1, -0.05) is 55.8 Å². The molecule has 130 valence electrons. The highest BCUT2D eigenvalue weighted by atomic mass is 32.2. The van der Waals surface area contributed by atoms with Gasteiger partial charge in [-0.15, -0.1) is 0 Å². The monoisotopic (exact) mass is 345 g/mol. The minimum atomic E-state index is -3.51. The molecule has 24 heavy (non-hydrogen) atoms. The summed E-state index contributed by atoms with van der Waals surface area (Å²) in [7, 11) is -1.87. The van der Waals surface area contributed by atoms with Crippen molar-refractivity contribution in [3.05, 3.63) is 64.2 Å². The molecule has 0 unspecified atom stereocenters. The third-order valence-electron chi connectivity index (χ3n) is 4.32. The van der Waals surface area contributed by atoms with E-state index in [1.807, 2.05) is 45.0 Å². The minimum Gasteiger partial charge on any atom is -0.207 e. The first-order chi connectivity index (χ1) is 11.1. The van der Waals surface area contributed by atoms with Crippen LogP contribution in [-0.2, 0) is 16.6 Å². The Bertz CT molecular complexity index is 798. The first kappa shape index (κ1) is 18.7. The van der Waals surface area contributed by atoms with Crippen LogP contribution in [0.25, 0.3) is 0 Å². The molecule has 0 fully saturated rings. The molecule has 3 nitrogen and oxygen atoms in total. The number of hydrogen-bond acceptors (Lipinski definition) is 2. The van der Waals surface area contributed by atoms with E-state index < -0.39 is 10.0 Å². The van der Waals surface area contributed by atoms with Crippen molar-refractivity contribution in [1.82, 2.24) is 4.31 Å². The molecule has 0 spiro atoms. The van der Waals surface area contributed by atoms with Gasteiger partial charge in [0.1, 0.15) is 0 Å². The summed E-state index contributed by atoms with van der Waals surface area (Å²) in [5.41, 5.74) is 4.93. The van der Waals surface area contributed by atoms with Crippen LogP contribution in [0.15, 0.2) is 41.3 Å². The number of aryl methyl sites for hydroxylation is 3. The summed E-state index contributed by atoms with van der Waals surface area (Å²) in [6, 6.07) is 12.0. The van der Waals surface area contributed by atoms with Gasteiger partial charge in [0.05, 0.1) is 4.90 Å². The zero-order valence-electron chi connectivity index (χ0n) is 15.4. The predicted molar refractivity (Wildman–Crippen MR) is 99.8 cm³/mol. The number of rotatable bonds is 5. The van der Waals surface area contributed by atoms with Crippen molar-refractivity contribution in [2.24, 2.45) is 0 Å². The van der Waals surface area contributed by atoms with Gasteiger partial charge in [-0.05, 0) is 48.9 Å². The van der Waals surface area contributed by atoms with Gasteiger partial charge in [0.25, 0.3) is 0 Å². The molecule has 2 aromatic carbocycles. The summed E-state index contributed by atoms with van der Waals surface area (Å²) in [6.45, 7) is 10.4. The molecule has 0 amide bonds. The normalized spacial score (nSPS) is 12.2. The summed E-state index contributed by atoms with van der Waals surface area (Å²) in [6.07, 6.45) is 0. The van der Waals surface area contributed by atoms with Gasteiger partial charge in [0.15, 0.2) is 0 Å². The lowest BCUT2D eigenvalue weighted by atomic mass is 10.0. The predicted octanol–water partition coefficient (Wildman–Crippen LogP) is 4.56. The Hall–Kier alpha value is -1.65. The molecule has 0 saturated carbocycles. The highest BCUT2D eigenvalue weighted by Crippen LogP contribution is 2.25. The van der Waals surface area contributed by atoms with E-state index in [0.717, 1.165) is 22.3 Å². The lowest BCUT2D eigenvalue weighted by molar-refractivity contribution is 0.465. The van der Waals surface area contributed by atoms with Gasteiger partial charge < -0.3 is 0 Å². The second-order valence-corrected chi connectivity index (χ2v) is 8.87. The Labute approximate surface area is 146 Å². The Kier molecular flexibility index (Phi) is 5.51. The van der Waals surface area contributed by atoms with E-state index in [0.29, 0.717) is 17.4 Å². The van der Waals surface area contributed by atoms with Crippen molar-refractivity contribution in [3.63, 3.8) is 0 Å². The van der Waals surface area contributed by atoms with Gasteiger partial charge >= 0.3 is 0 Å². The summed E-state index contributed by atoms with van der Waals surface area (Å²) < 4.78 is 27.4. The third-order valence-corrected chi connectivity index (χ3v) is 6.43. The van der Waals surface area contributed by atoms with Crippen LogP contribution >= 0.6 is 0 Å². The summed E-state index contributed by atoms with van der Waals surface area (Å²) in [4.78, 5) is 0.425. The fourth-order valence-corrected chi connectivity index (χ4v) is 4.64. The molecule has 2 aromatic rings. The highest BCUT2D eigenvalue weighted by molar-refractivity contribution is 7.89. The fourth-order valence-electron chi connectivity index (χ4n) is 3.08. The highest BCUT2D eigenvalue weighted by Gasteiger charge is 2.25. The van der Waals surface area contributed by atoms with Crippen molar-refractivity contribution in [2.75, 3.05) is 7.05 Å². The van der Waals surface area contributed by atoms with Crippen LogP contribution in [0.3, 0.4) is 0 Å². The van der Waals surface area contributed by atoms with Crippen molar-refractivity contribution >= 4 is 10.0 Å². The van der Waals surface area contributed by atoms with E-state index in [1.165, 1.54) is 9.87 Å². The molecule has 4 heteroatoms. The van der Waals surface area contributed by atoms with Crippen molar-refractivity contribution in [1.29, 1.82) is 0 Å². The molecule has 0 aliphatic rings. The molecular weight excluding hydrogens is 318 g/mol. The second kappa shape index (κ2) is 7.08. The van der Waals surface area contributed by atoms with E-state index in [1.54, 1.807) is 7.05 Å². The first-order valence-corrected chi connectivity index (χ1v) is 9.70. The summed E-state index contributed by atoms with van der Waals surface area (Å²) in [5.74, 6) is 0.471. The third kappa shape index (κ3) is 3.87. The van der Waals surface area contributed by atoms with Crippen molar-refractivity contribution in [2.45, 2.75) is 52.0 Å². The van der Waals surface area contributed by atoms with E-state index >= 15 is 0 Å². The molecular formula is C20H27NO2S. The smallest absolute Gasteiger partial charge is 0.207 e. The topological polar surface area (TPSA) is 37.4 Å². The van der Waals surface area contributed by atoms with E-state index in [9.17, 15) is 8.42 Å². The van der Waals surface area contributed by atoms with Crippen molar-refractivity contribution < 1.29 is 8.42 Å². The Morgan fingerprint density at radius 2 is 1.46 bits per heavy atom. The average molecular weight is 346 g/mol. The molecule has 0 saturated heterocycles. The molecule has 0 radical (unpaired) electrons. The van der Waals surface area contributed by atoms with Crippen LogP contribution in [0.2, 0.25) is 0 Å². The molecule has 2 rings (SSSR count).